The van der Waals surface area contributed by atoms with Crippen LogP contribution in [0.25, 0.3) is 0 Å². The summed E-state index contributed by atoms with van der Waals surface area (Å²) in [4.78, 5) is 0.227. The fourth-order valence-corrected chi connectivity index (χ4v) is 3.82. The van der Waals surface area contributed by atoms with Gasteiger partial charge in [-0.15, -0.1) is 0 Å². The van der Waals surface area contributed by atoms with Crippen LogP contribution in [0.2, 0.25) is 0 Å². The van der Waals surface area contributed by atoms with Crippen molar-refractivity contribution in [2.45, 2.75) is 36.8 Å². The molecule has 1 saturated heterocycles. The van der Waals surface area contributed by atoms with Gasteiger partial charge >= 0.3 is 0 Å². The first-order valence-electron chi connectivity index (χ1n) is 6.76. The van der Waals surface area contributed by atoms with Crippen molar-refractivity contribution in [3.63, 3.8) is 0 Å². The SMILES string of the molecule is CC(O)c1cccc(S(=O)(=O)N(C)C2CCOCC2)c1. The summed E-state index contributed by atoms with van der Waals surface area (Å²) in [6, 6.07) is 6.46. The number of aliphatic hydroxyl groups excluding tert-OH is 1. The highest BCUT2D eigenvalue weighted by Crippen LogP contribution is 2.24. The van der Waals surface area contributed by atoms with Crippen molar-refractivity contribution in [3.05, 3.63) is 29.8 Å². The van der Waals surface area contributed by atoms with Gasteiger partial charge < -0.3 is 9.84 Å². The van der Waals surface area contributed by atoms with Crippen molar-refractivity contribution in [1.29, 1.82) is 0 Å². The normalized spacial score (nSPS) is 19.2. The third-order valence-corrected chi connectivity index (χ3v) is 5.63. The highest BCUT2D eigenvalue weighted by Gasteiger charge is 2.29. The largest absolute Gasteiger partial charge is 0.389 e. The molecular weight excluding hydrogens is 278 g/mol. The Labute approximate surface area is 120 Å². The number of benzene rings is 1. The first-order chi connectivity index (χ1) is 9.43. The van der Waals surface area contributed by atoms with Crippen LogP contribution >= 0.6 is 0 Å². The van der Waals surface area contributed by atoms with Crippen LogP contribution in [-0.2, 0) is 14.8 Å². The molecule has 1 unspecified atom stereocenters. The number of rotatable bonds is 4. The summed E-state index contributed by atoms with van der Waals surface area (Å²) in [5, 5.41) is 9.58. The van der Waals surface area contributed by atoms with E-state index in [1.165, 1.54) is 10.4 Å². The van der Waals surface area contributed by atoms with Crippen LogP contribution in [-0.4, -0.2) is 44.1 Å². The maximum atomic E-state index is 12.6. The van der Waals surface area contributed by atoms with Crippen molar-refractivity contribution < 1.29 is 18.3 Å². The Balaban J connectivity index is 2.27. The van der Waals surface area contributed by atoms with Crippen LogP contribution in [0, 0.1) is 0 Å². The summed E-state index contributed by atoms with van der Waals surface area (Å²) in [7, 11) is -1.92. The van der Waals surface area contributed by atoms with Crippen molar-refractivity contribution in [3.8, 4) is 0 Å². The van der Waals surface area contributed by atoms with Gasteiger partial charge in [-0.3, -0.25) is 0 Å². The Bertz CT molecular complexity index is 550. The number of sulfonamides is 1. The van der Waals surface area contributed by atoms with Gasteiger partial charge in [0.25, 0.3) is 0 Å². The van der Waals surface area contributed by atoms with E-state index in [-0.39, 0.29) is 10.9 Å². The summed E-state index contributed by atoms with van der Waals surface area (Å²) in [6.45, 7) is 2.81. The summed E-state index contributed by atoms with van der Waals surface area (Å²) in [6.07, 6.45) is 0.746. The van der Waals surface area contributed by atoms with Gasteiger partial charge in [-0.2, -0.15) is 4.31 Å². The van der Waals surface area contributed by atoms with Gasteiger partial charge in [0.15, 0.2) is 0 Å². The summed E-state index contributed by atoms with van der Waals surface area (Å²) >= 11 is 0. The Morgan fingerprint density at radius 1 is 1.35 bits per heavy atom. The highest BCUT2D eigenvalue weighted by atomic mass is 32.2. The van der Waals surface area contributed by atoms with E-state index in [1.807, 2.05) is 0 Å². The molecule has 1 aromatic carbocycles. The first-order valence-corrected chi connectivity index (χ1v) is 8.20. The van der Waals surface area contributed by atoms with Gasteiger partial charge in [-0.05, 0) is 37.5 Å². The molecule has 6 heteroatoms. The average Bonchev–Trinajstić information content (AvgIpc) is 2.47. The lowest BCUT2D eigenvalue weighted by Gasteiger charge is -2.30. The van der Waals surface area contributed by atoms with Crippen molar-refractivity contribution in [1.82, 2.24) is 4.31 Å². The summed E-state index contributed by atoms with van der Waals surface area (Å²) in [5.41, 5.74) is 0.603. The van der Waals surface area contributed by atoms with Crippen LogP contribution in [0.1, 0.15) is 31.4 Å². The summed E-state index contributed by atoms with van der Waals surface area (Å²) < 4.78 is 31.9. The minimum Gasteiger partial charge on any atom is -0.389 e. The van der Waals surface area contributed by atoms with Crippen molar-refractivity contribution in [2.75, 3.05) is 20.3 Å². The van der Waals surface area contributed by atoms with Gasteiger partial charge in [-0.1, -0.05) is 12.1 Å². The third-order valence-electron chi connectivity index (χ3n) is 3.72. The van der Waals surface area contributed by atoms with E-state index in [2.05, 4.69) is 0 Å². The second kappa shape index (κ2) is 6.22. The van der Waals surface area contributed by atoms with E-state index in [0.717, 1.165) is 0 Å². The second-order valence-corrected chi connectivity index (χ2v) is 7.11. The number of nitrogens with zero attached hydrogens (tertiary/aromatic N) is 1. The fourth-order valence-electron chi connectivity index (χ4n) is 2.35. The zero-order valence-corrected chi connectivity index (χ0v) is 12.6. The molecular formula is C14H21NO4S. The smallest absolute Gasteiger partial charge is 0.243 e. The standard InChI is InChI=1S/C14H21NO4S/c1-11(16)12-4-3-5-14(10-12)20(17,18)15(2)13-6-8-19-9-7-13/h3-5,10-11,13,16H,6-9H2,1-2H3. The molecule has 1 fully saturated rings. The van der Waals surface area contributed by atoms with Gasteiger partial charge in [-0.25, -0.2) is 8.42 Å². The Morgan fingerprint density at radius 3 is 2.60 bits per heavy atom. The van der Waals surface area contributed by atoms with Gasteiger partial charge in [0.2, 0.25) is 10.0 Å². The van der Waals surface area contributed by atoms with E-state index < -0.39 is 16.1 Å². The zero-order chi connectivity index (χ0) is 14.8. The molecule has 0 amide bonds. The number of hydrogen-bond acceptors (Lipinski definition) is 4. The number of hydrogen-bond donors (Lipinski definition) is 1. The highest BCUT2D eigenvalue weighted by molar-refractivity contribution is 7.89. The van der Waals surface area contributed by atoms with Gasteiger partial charge in [0, 0.05) is 26.3 Å². The van der Waals surface area contributed by atoms with E-state index in [1.54, 1.807) is 32.2 Å². The molecule has 0 bridgehead atoms. The van der Waals surface area contributed by atoms with Gasteiger partial charge in [0.05, 0.1) is 11.0 Å². The van der Waals surface area contributed by atoms with Crippen LogP contribution in [0.3, 0.4) is 0 Å². The lowest BCUT2D eigenvalue weighted by Crippen LogP contribution is -2.40. The molecule has 5 nitrogen and oxygen atoms in total. The van der Waals surface area contributed by atoms with Crippen LogP contribution in [0.5, 0.6) is 0 Å². The molecule has 1 aliphatic rings. The van der Waals surface area contributed by atoms with Crippen LogP contribution in [0.4, 0.5) is 0 Å². The Hall–Kier alpha value is -0.950. The zero-order valence-electron chi connectivity index (χ0n) is 11.8. The predicted octanol–water partition coefficient (Wildman–Crippen LogP) is 1.54. The van der Waals surface area contributed by atoms with E-state index in [9.17, 15) is 13.5 Å². The van der Waals surface area contributed by atoms with Crippen molar-refractivity contribution >= 4 is 10.0 Å². The molecule has 0 aliphatic carbocycles. The molecule has 1 atom stereocenters. The molecule has 0 spiro atoms. The number of ether oxygens (including phenoxy) is 1. The molecule has 112 valence electrons. The van der Waals surface area contributed by atoms with Crippen LogP contribution < -0.4 is 0 Å². The maximum absolute atomic E-state index is 12.6. The first kappa shape index (κ1) is 15.4. The Morgan fingerprint density at radius 2 is 2.00 bits per heavy atom. The molecule has 0 aromatic heterocycles. The van der Waals surface area contributed by atoms with Crippen molar-refractivity contribution in [2.24, 2.45) is 0 Å². The molecule has 1 aromatic rings. The molecule has 1 N–H and O–H groups in total. The topological polar surface area (TPSA) is 66.8 Å². The molecule has 0 saturated carbocycles. The average molecular weight is 299 g/mol. The summed E-state index contributed by atoms with van der Waals surface area (Å²) in [5.74, 6) is 0. The quantitative estimate of drug-likeness (QED) is 0.916. The molecule has 1 heterocycles. The lowest BCUT2D eigenvalue weighted by molar-refractivity contribution is 0.0632. The molecule has 2 rings (SSSR count). The number of aliphatic hydroxyl groups is 1. The minimum atomic E-state index is -3.53. The van der Waals surface area contributed by atoms with E-state index in [4.69, 9.17) is 4.74 Å². The second-order valence-electron chi connectivity index (χ2n) is 5.11. The monoisotopic (exact) mass is 299 g/mol. The lowest BCUT2D eigenvalue weighted by atomic mass is 10.1. The maximum Gasteiger partial charge on any atom is 0.243 e. The van der Waals surface area contributed by atoms with Gasteiger partial charge in [0.1, 0.15) is 0 Å². The predicted molar refractivity (Wildman–Crippen MR) is 75.9 cm³/mol. The molecule has 20 heavy (non-hydrogen) atoms. The van der Waals surface area contributed by atoms with E-state index >= 15 is 0 Å². The van der Waals surface area contributed by atoms with Crippen LogP contribution in [0.15, 0.2) is 29.2 Å². The van der Waals surface area contributed by atoms with E-state index in [0.29, 0.717) is 31.6 Å². The fraction of sp³-hybridized carbons (Fsp3) is 0.571. The molecule has 1 aliphatic heterocycles. The third kappa shape index (κ3) is 3.20. The minimum absolute atomic E-state index is 0.0241. The Kier molecular flexibility index (Phi) is 4.80. The molecule has 0 radical (unpaired) electrons.